The van der Waals surface area contributed by atoms with Crippen LogP contribution in [0.25, 0.3) is 11.0 Å². The van der Waals surface area contributed by atoms with Gasteiger partial charge >= 0.3 is 5.63 Å². The molecule has 2 rings (SSSR count). The summed E-state index contributed by atoms with van der Waals surface area (Å²) >= 11 is 0. The number of carbonyl (C=O) groups is 4. The topological polar surface area (TPSA) is 195 Å². The molecule has 1 aromatic carbocycles. The van der Waals surface area contributed by atoms with Gasteiger partial charge in [-0.3, -0.25) is 9.69 Å². The minimum Gasteiger partial charge on any atom is -0.549 e. The molecule has 0 aliphatic rings. The molecule has 0 saturated heterocycles. The first-order chi connectivity index (χ1) is 16.6. The molecular formula is C23H26N3O9-3. The standard InChI is InChI=1S/C23H29N3O9/c1-24-11-14-5-6-16-15(10-22(32)35-18(16)8-14)9-19(27)25-7-3-2-4-17(23(33)34)26(12-20(28)29)13-21(30)31/h5-6,8,10,17,24H,2-4,7,9,11-13H2,1H3,(H,25,27)(H,28,29)(H,30,31)(H,33,34)/p-3. The molecule has 0 aliphatic heterocycles. The fourth-order valence-corrected chi connectivity index (χ4v) is 3.72. The predicted octanol–water partition coefficient (Wildman–Crippen LogP) is -3.74. The number of fused-ring (bicyclic) bond motifs is 1. The third-order valence-corrected chi connectivity index (χ3v) is 5.23. The van der Waals surface area contributed by atoms with Crippen LogP contribution in [0.3, 0.4) is 0 Å². The molecule has 0 aliphatic carbocycles. The lowest BCUT2D eigenvalue weighted by atomic mass is 10.0. The monoisotopic (exact) mass is 488 g/mol. The van der Waals surface area contributed by atoms with Gasteiger partial charge in [-0.25, -0.2) is 4.79 Å². The minimum absolute atomic E-state index is 0.0693. The Hall–Kier alpha value is -3.77. The predicted molar refractivity (Wildman–Crippen MR) is 116 cm³/mol. The van der Waals surface area contributed by atoms with Crippen molar-refractivity contribution in [2.24, 2.45) is 0 Å². The molecule has 190 valence electrons. The third kappa shape index (κ3) is 8.83. The van der Waals surface area contributed by atoms with Crippen molar-refractivity contribution >= 4 is 34.8 Å². The molecule has 12 heteroatoms. The third-order valence-electron chi connectivity index (χ3n) is 5.23. The number of carboxylic acid groups (broad SMARTS) is 3. The highest BCUT2D eigenvalue weighted by atomic mass is 16.4. The summed E-state index contributed by atoms with van der Waals surface area (Å²) in [7, 11) is 1.79. The van der Waals surface area contributed by atoms with Crippen LogP contribution in [0.2, 0.25) is 0 Å². The minimum atomic E-state index is -1.63. The van der Waals surface area contributed by atoms with Crippen LogP contribution < -0.4 is 31.6 Å². The van der Waals surface area contributed by atoms with Gasteiger partial charge in [-0.2, -0.15) is 0 Å². The number of hydrogen-bond acceptors (Lipinski definition) is 11. The maximum absolute atomic E-state index is 12.4. The normalized spacial score (nSPS) is 11.9. The SMILES string of the molecule is CNCc1ccc2c(CC(=O)NCCCCC(C(=O)[O-])N(CC(=O)[O-])CC(=O)[O-])cc(=O)oc2c1. The smallest absolute Gasteiger partial charge is 0.336 e. The van der Waals surface area contributed by atoms with E-state index in [9.17, 15) is 39.3 Å². The van der Waals surface area contributed by atoms with E-state index < -0.39 is 42.7 Å². The fourth-order valence-electron chi connectivity index (χ4n) is 3.72. The van der Waals surface area contributed by atoms with Gasteiger partial charge in [-0.1, -0.05) is 12.1 Å². The van der Waals surface area contributed by atoms with E-state index in [1.165, 1.54) is 6.07 Å². The number of amides is 1. The lowest BCUT2D eigenvalue weighted by molar-refractivity contribution is -0.318. The van der Waals surface area contributed by atoms with Crippen LogP contribution in [0.5, 0.6) is 0 Å². The van der Waals surface area contributed by atoms with Crippen LogP contribution in [0, 0.1) is 0 Å². The van der Waals surface area contributed by atoms with Gasteiger partial charge in [0.25, 0.3) is 0 Å². The van der Waals surface area contributed by atoms with E-state index >= 15 is 0 Å². The van der Waals surface area contributed by atoms with Gasteiger partial charge in [0.15, 0.2) is 0 Å². The lowest BCUT2D eigenvalue weighted by Crippen LogP contribution is -2.54. The number of unbranched alkanes of at least 4 members (excludes halogenated alkanes) is 1. The maximum atomic E-state index is 12.4. The molecule has 1 unspecified atom stereocenters. The van der Waals surface area contributed by atoms with Crippen molar-refractivity contribution in [3.8, 4) is 0 Å². The van der Waals surface area contributed by atoms with Crippen LogP contribution in [-0.2, 0) is 32.1 Å². The molecule has 1 atom stereocenters. The molecule has 2 aromatic rings. The molecule has 1 heterocycles. The maximum Gasteiger partial charge on any atom is 0.336 e. The molecule has 1 aromatic heterocycles. The van der Waals surface area contributed by atoms with E-state index in [0.717, 1.165) is 5.56 Å². The summed E-state index contributed by atoms with van der Waals surface area (Å²) in [5.41, 5.74) is 1.21. The highest BCUT2D eigenvalue weighted by Crippen LogP contribution is 2.19. The highest BCUT2D eigenvalue weighted by Gasteiger charge is 2.20. The second kappa shape index (κ2) is 13.2. The summed E-state index contributed by atoms with van der Waals surface area (Å²) in [6, 6.07) is 5.15. The van der Waals surface area contributed by atoms with E-state index in [-0.39, 0.29) is 31.7 Å². The highest BCUT2D eigenvalue weighted by molar-refractivity contribution is 5.87. The van der Waals surface area contributed by atoms with Gasteiger partial charge in [0, 0.05) is 37.6 Å². The average Bonchev–Trinajstić information content (AvgIpc) is 2.74. The van der Waals surface area contributed by atoms with Crippen molar-refractivity contribution in [3.05, 3.63) is 45.8 Å². The van der Waals surface area contributed by atoms with Crippen LogP contribution in [0.4, 0.5) is 0 Å². The Morgan fingerprint density at radius 1 is 1.03 bits per heavy atom. The van der Waals surface area contributed by atoms with Crippen LogP contribution >= 0.6 is 0 Å². The van der Waals surface area contributed by atoms with E-state index in [1.807, 2.05) is 6.07 Å². The average molecular weight is 488 g/mol. The Kier molecular flexibility index (Phi) is 10.4. The van der Waals surface area contributed by atoms with Crippen LogP contribution in [-0.4, -0.2) is 61.4 Å². The van der Waals surface area contributed by atoms with E-state index in [4.69, 9.17) is 4.42 Å². The number of aliphatic carboxylic acids is 3. The van der Waals surface area contributed by atoms with Gasteiger partial charge in [-0.15, -0.1) is 0 Å². The first-order valence-electron chi connectivity index (χ1n) is 10.9. The molecule has 0 bridgehead atoms. The van der Waals surface area contributed by atoms with Gasteiger partial charge in [0.1, 0.15) is 5.58 Å². The molecule has 12 nitrogen and oxygen atoms in total. The second-order valence-corrected chi connectivity index (χ2v) is 7.96. The molecular weight excluding hydrogens is 462 g/mol. The zero-order valence-electron chi connectivity index (χ0n) is 19.2. The summed E-state index contributed by atoms with van der Waals surface area (Å²) in [6.45, 7) is -1.04. The molecule has 2 N–H and O–H groups in total. The van der Waals surface area contributed by atoms with Crippen molar-refractivity contribution in [3.63, 3.8) is 0 Å². The van der Waals surface area contributed by atoms with Gasteiger partial charge in [0.2, 0.25) is 5.91 Å². The number of nitrogens with one attached hydrogen (secondary N) is 2. The second-order valence-electron chi connectivity index (χ2n) is 7.96. The van der Waals surface area contributed by atoms with Crippen LogP contribution in [0.15, 0.2) is 33.5 Å². The lowest BCUT2D eigenvalue weighted by Gasteiger charge is -2.33. The molecule has 0 saturated carbocycles. The van der Waals surface area contributed by atoms with Crippen molar-refractivity contribution in [1.82, 2.24) is 15.5 Å². The number of carboxylic acids is 3. The number of benzene rings is 1. The van der Waals surface area contributed by atoms with Crippen molar-refractivity contribution in [1.29, 1.82) is 0 Å². The number of hydrogen-bond donors (Lipinski definition) is 2. The van der Waals surface area contributed by atoms with Gasteiger partial charge in [0.05, 0.1) is 30.4 Å². The van der Waals surface area contributed by atoms with Crippen molar-refractivity contribution in [2.45, 2.75) is 38.3 Å². The van der Waals surface area contributed by atoms with Gasteiger partial charge in [-0.05, 0) is 43.5 Å². The Morgan fingerprint density at radius 2 is 1.71 bits per heavy atom. The fraction of sp³-hybridized carbons (Fsp3) is 0.435. The quantitative estimate of drug-likeness (QED) is 0.185. The molecule has 35 heavy (non-hydrogen) atoms. The summed E-state index contributed by atoms with van der Waals surface area (Å²) < 4.78 is 5.24. The van der Waals surface area contributed by atoms with Crippen molar-refractivity contribution in [2.75, 3.05) is 26.7 Å². The largest absolute Gasteiger partial charge is 0.549 e. The number of carbonyl (C=O) groups excluding carboxylic acids is 4. The number of nitrogens with zero attached hydrogens (tertiary/aromatic N) is 1. The zero-order valence-corrected chi connectivity index (χ0v) is 19.2. The molecule has 1 amide bonds. The van der Waals surface area contributed by atoms with Crippen molar-refractivity contribution < 1.29 is 38.9 Å². The first kappa shape index (κ1) is 27.5. The molecule has 0 spiro atoms. The van der Waals surface area contributed by atoms with E-state index in [1.54, 1.807) is 19.2 Å². The summed E-state index contributed by atoms with van der Waals surface area (Å²) in [5, 5.41) is 39.3. The summed E-state index contributed by atoms with van der Waals surface area (Å²) in [6.07, 6.45) is 0.408. The van der Waals surface area contributed by atoms with E-state index in [0.29, 0.717) is 34.4 Å². The van der Waals surface area contributed by atoms with Crippen LogP contribution in [0.1, 0.15) is 30.4 Å². The van der Waals surface area contributed by atoms with E-state index in [2.05, 4.69) is 10.6 Å². The first-order valence-corrected chi connectivity index (χ1v) is 10.9. The Labute approximate surface area is 200 Å². The summed E-state index contributed by atoms with van der Waals surface area (Å²) in [5.74, 6) is -5.25. The zero-order chi connectivity index (χ0) is 26.0. The number of rotatable bonds is 15. The Balaban J connectivity index is 1.91. The summed E-state index contributed by atoms with van der Waals surface area (Å²) in [4.78, 5) is 58.0. The Morgan fingerprint density at radius 3 is 2.31 bits per heavy atom. The Bertz CT molecular complexity index is 1110. The molecule has 0 fully saturated rings. The molecule has 0 radical (unpaired) electrons. The van der Waals surface area contributed by atoms with Gasteiger partial charge < -0.3 is 44.8 Å².